The summed E-state index contributed by atoms with van der Waals surface area (Å²) in [5.41, 5.74) is 0.256. The van der Waals surface area contributed by atoms with Gasteiger partial charge in [-0.05, 0) is 41.5 Å². The van der Waals surface area contributed by atoms with Crippen molar-refractivity contribution in [1.29, 1.82) is 0 Å². The minimum absolute atomic E-state index is 0.222. The van der Waals surface area contributed by atoms with Crippen LogP contribution < -0.4 is 4.74 Å². The molecule has 0 amide bonds. The molecule has 1 rings (SSSR count). The molecule has 0 aliphatic rings. The van der Waals surface area contributed by atoms with Crippen LogP contribution in [0.3, 0.4) is 0 Å². The molecule has 0 unspecified atom stereocenters. The van der Waals surface area contributed by atoms with Crippen LogP contribution in [0.4, 0.5) is 0 Å². The molecule has 5 nitrogen and oxygen atoms in total. The molecule has 1 aromatic heterocycles. The Labute approximate surface area is 129 Å². The van der Waals surface area contributed by atoms with E-state index < -0.39 is 17.5 Å². The number of ether oxygens (including phenoxy) is 3. The quantitative estimate of drug-likeness (QED) is 0.781. The summed E-state index contributed by atoms with van der Waals surface area (Å²) >= 11 is 1.30. The van der Waals surface area contributed by atoms with Gasteiger partial charge in [0, 0.05) is 10.4 Å². The molecule has 0 aliphatic heterocycles. The summed E-state index contributed by atoms with van der Waals surface area (Å²) in [6, 6.07) is 0. The molecule has 118 valence electrons. The summed E-state index contributed by atoms with van der Waals surface area (Å²) in [7, 11) is 0. The van der Waals surface area contributed by atoms with E-state index >= 15 is 0 Å². The fourth-order valence-corrected chi connectivity index (χ4v) is 2.55. The van der Waals surface area contributed by atoms with Crippen molar-refractivity contribution < 1.29 is 23.8 Å². The second-order valence-electron chi connectivity index (χ2n) is 5.54. The van der Waals surface area contributed by atoms with Gasteiger partial charge in [0.25, 0.3) is 0 Å². The smallest absolute Gasteiger partial charge is 0.352 e. The Morgan fingerprint density at radius 1 is 1.19 bits per heavy atom. The number of rotatable bonds is 5. The molecule has 0 aliphatic carbocycles. The van der Waals surface area contributed by atoms with Gasteiger partial charge in [0.1, 0.15) is 11.4 Å². The summed E-state index contributed by atoms with van der Waals surface area (Å²) < 4.78 is 15.7. The topological polar surface area (TPSA) is 61.8 Å². The number of carbonyl (C=O) groups is 2. The minimum atomic E-state index is -0.582. The highest BCUT2D eigenvalue weighted by Gasteiger charge is 2.26. The largest absolute Gasteiger partial charge is 0.480 e. The van der Waals surface area contributed by atoms with E-state index in [0.29, 0.717) is 17.2 Å². The Kier molecular flexibility index (Phi) is 5.78. The van der Waals surface area contributed by atoms with Crippen molar-refractivity contribution in [2.75, 3.05) is 13.2 Å². The Morgan fingerprint density at radius 3 is 2.33 bits per heavy atom. The first-order valence-corrected chi connectivity index (χ1v) is 7.59. The van der Waals surface area contributed by atoms with Gasteiger partial charge in [-0.3, -0.25) is 0 Å². The van der Waals surface area contributed by atoms with Crippen LogP contribution in [0.5, 0.6) is 5.75 Å². The molecule has 1 heterocycles. The molecule has 0 saturated heterocycles. The molecule has 0 radical (unpaired) electrons. The molecule has 0 atom stereocenters. The van der Waals surface area contributed by atoms with Crippen LogP contribution in [0.2, 0.25) is 0 Å². The zero-order valence-electron chi connectivity index (χ0n) is 13.4. The average molecular weight is 314 g/mol. The maximum absolute atomic E-state index is 12.2. The van der Waals surface area contributed by atoms with Crippen molar-refractivity contribution in [2.24, 2.45) is 0 Å². The van der Waals surface area contributed by atoms with Gasteiger partial charge in [0.15, 0.2) is 11.5 Å². The first-order valence-electron chi connectivity index (χ1n) is 6.77. The lowest BCUT2D eigenvalue weighted by Crippen LogP contribution is -2.24. The van der Waals surface area contributed by atoms with Crippen molar-refractivity contribution in [3.05, 3.63) is 15.3 Å². The first kappa shape index (κ1) is 17.5. The second kappa shape index (κ2) is 6.93. The van der Waals surface area contributed by atoms with Gasteiger partial charge in [0.05, 0.1) is 6.61 Å². The maximum atomic E-state index is 12.2. The summed E-state index contributed by atoms with van der Waals surface area (Å²) in [5, 5.41) is 0. The molecule has 0 fully saturated rings. The SMILES string of the molecule is CCOC(=O)COc1c(C(=O)OC(C)(C)C)sc(C)c1C. The molecule has 0 spiro atoms. The van der Waals surface area contributed by atoms with E-state index in [1.54, 1.807) is 27.7 Å². The van der Waals surface area contributed by atoms with E-state index in [4.69, 9.17) is 14.2 Å². The lowest BCUT2D eigenvalue weighted by molar-refractivity contribution is -0.145. The van der Waals surface area contributed by atoms with E-state index in [0.717, 1.165) is 10.4 Å². The third kappa shape index (κ3) is 5.04. The van der Waals surface area contributed by atoms with Gasteiger partial charge in [-0.25, -0.2) is 9.59 Å². The van der Waals surface area contributed by atoms with E-state index in [1.807, 2.05) is 13.8 Å². The van der Waals surface area contributed by atoms with Crippen LogP contribution in [0.25, 0.3) is 0 Å². The number of hydrogen-bond acceptors (Lipinski definition) is 6. The summed E-state index contributed by atoms with van der Waals surface area (Å²) in [4.78, 5) is 24.9. The van der Waals surface area contributed by atoms with Gasteiger partial charge >= 0.3 is 11.9 Å². The van der Waals surface area contributed by atoms with Crippen molar-refractivity contribution in [3.8, 4) is 5.75 Å². The number of carbonyl (C=O) groups excluding carboxylic acids is 2. The third-order valence-electron chi connectivity index (χ3n) is 2.55. The van der Waals surface area contributed by atoms with Crippen molar-refractivity contribution in [3.63, 3.8) is 0 Å². The predicted molar refractivity (Wildman–Crippen MR) is 81.1 cm³/mol. The monoisotopic (exact) mass is 314 g/mol. The highest BCUT2D eigenvalue weighted by atomic mass is 32.1. The highest BCUT2D eigenvalue weighted by molar-refractivity contribution is 7.14. The molecule has 21 heavy (non-hydrogen) atoms. The predicted octanol–water partition coefficient (Wildman–Crippen LogP) is 3.26. The summed E-state index contributed by atoms with van der Waals surface area (Å²) in [6.07, 6.45) is 0. The zero-order chi connectivity index (χ0) is 16.2. The standard InChI is InChI=1S/C15H22O5S/c1-7-18-11(16)8-19-12-9(2)10(3)21-13(12)14(17)20-15(4,5)6/h7-8H2,1-6H3. The van der Waals surface area contributed by atoms with Crippen LogP contribution >= 0.6 is 11.3 Å². The Balaban J connectivity index is 2.93. The number of hydrogen-bond donors (Lipinski definition) is 0. The highest BCUT2D eigenvalue weighted by Crippen LogP contribution is 2.35. The molecule has 0 aromatic carbocycles. The van der Waals surface area contributed by atoms with Gasteiger partial charge in [-0.15, -0.1) is 11.3 Å². The second-order valence-corrected chi connectivity index (χ2v) is 6.76. The molecule has 0 N–H and O–H groups in total. The van der Waals surface area contributed by atoms with Gasteiger partial charge in [-0.1, -0.05) is 0 Å². The van der Waals surface area contributed by atoms with E-state index in [1.165, 1.54) is 11.3 Å². The molecular weight excluding hydrogens is 292 g/mol. The fourth-order valence-electron chi connectivity index (χ4n) is 1.57. The van der Waals surface area contributed by atoms with Crippen molar-refractivity contribution in [2.45, 2.75) is 47.1 Å². The summed E-state index contributed by atoms with van der Waals surface area (Å²) in [5.74, 6) is -0.502. The van der Waals surface area contributed by atoms with Gasteiger partial charge < -0.3 is 14.2 Å². The molecule has 0 saturated carbocycles. The molecule has 0 bridgehead atoms. The van der Waals surface area contributed by atoms with Crippen molar-refractivity contribution >= 4 is 23.3 Å². The van der Waals surface area contributed by atoms with Crippen LogP contribution in [0.1, 0.15) is 47.8 Å². The molecule has 6 heteroatoms. The van der Waals surface area contributed by atoms with Gasteiger partial charge in [-0.2, -0.15) is 0 Å². The average Bonchev–Trinajstić information content (AvgIpc) is 2.62. The van der Waals surface area contributed by atoms with E-state index in [-0.39, 0.29) is 6.61 Å². The number of thiophene rings is 1. The Hall–Kier alpha value is -1.56. The normalized spacial score (nSPS) is 11.1. The van der Waals surface area contributed by atoms with E-state index in [2.05, 4.69) is 0 Å². The lowest BCUT2D eigenvalue weighted by Gasteiger charge is -2.19. The number of aryl methyl sites for hydroxylation is 1. The van der Waals surface area contributed by atoms with Gasteiger partial charge in [0.2, 0.25) is 0 Å². The van der Waals surface area contributed by atoms with Crippen molar-refractivity contribution in [1.82, 2.24) is 0 Å². The minimum Gasteiger partial charge on any atom is -0.480 e. The summed E-state index contributed by atoms with van der Waals surface area (Å²) in [6.45, 7) is 10.9. The van der Waals surface area contributed by atoms with Crippen LogP contribution in [-0.2, 0) is 14.3 Å². The molecule has 1 aromatic rings. The fraction of sp³-hybridized carbons (Fsp3) is 0.600. The van der Waals surface area contributed by atoms with E-state index in [9.17, 15) is 9.59 Å². The third-order valence-corrected chi connectivity index (χ3v) is 3.72. The van der Waals surface area contributed by atoms with Crippen LogP contribution in [0, 0.1) is 13.8 Å². The zero-order valence-corrected chi connectivity index (χ0v) is 14.2. The van der Waals surface area contributed by atoms with Crippen LogP contribution in [-0.4, -0.2) is 30.8 Å². The molecular formula is C15H22O5S. The first-order chi connectivity index (χ1) is 9.65. The Morgan fingerprint density at radius 2 is 1.81 bits per heavy atom. The van der Waals surface area contributed by atoms with Crippen LogP contribution in [0.15, 0.2) is 0 Å². The maximum Gasteiger partial charge on any atom is 0.352 e. The lowest BCUT2D eigenvalue weighted by atomic mass is 10.2. The Bertz CT molecular complexity index is 525. The number of esters is 2.